The van der Waals surface area contributed by atoms with Crippen molar-refractivity contribution in [3.63, 3.8) is 0 Å². The molecule has 0 radical (unpaired) electrons. The van der Waals surface area contributed by atoms with Crippen LogP contribution in [0.15, 0.2) is 11.4 Å². The first kappa shape index (κ1) is 10.0. The van der Waals surface area contributed by atoms with Gasteiger partial charge in [0.2, 0.25) is 0 Å². The molecule has 2 saturated heterocycles. The molecule has 1 aromatic heterocycles. The van der Waals surface area contributed by atoms with E-state index >= 15 is 0 Å². The molecule has 0 aliphatic carbocycles. The fourth-order valence-electron chi connectivity index (χ4n) is 2.76. The summed E-state index contributed by atoms with van der Waals surface area (Å²) >= 11 is 1.48. The molecular weight excluding hydrogens is 226 g/mol. The van der Waals surface area contributed by atoms with E-state index in [-0.39, 0.29) is 10.6 Å². The van der Waals surface area contributed by atoms with Gasteiger partial charge in [-0.15, -0.1) is 11.3 Å². The van der Waals surface area contributed by atoms with Crippen LogP contribution in [0.3, 0.4) is 0 Å². The summed E-state index contributed by atoms with van der Waals surface area (Å²) in [6, 6.07) is 2.65. The maximum absolute atomic E-state index is 10.9. The molecule has 2 bridgehead atoms. The fourth-order valence-corrected chi connectivity index (χ4v) is 3.71. The van der Waals surface area contributed by atoms with E-state index < -0.39 is 0 Å². The van der Waals surface area contributed by atoms with Gasteiger partial charge in [-0.1, -0.05) is 0 Å². The van der Waals surface area contributed by atoms with Crippen LogP contribution >= 0.6 is 11.3 Å². The maximum Gasteiger partial charge on any atom is 0.303 e. The first-order valence-corrected chi connectivity index (χ1v) is 6.23. The Hall–Kier alpha value is -1.14. The second-order valence-corrected chi connectivity index (χ2v) is 5.40. The van der Waals surface area contributed by atoms with E-state index in [0.717, 1.165) is 24.5 Å². The zero-order valence-electron chi connectivity index (χ0n) is 9.00. The highest BCUT2D eigenvalue weighted by molar-refractivity contribution is 7.14. The van der Waals surface area contributed by atoms with Crippen molar-refractivity contribution in [3.8, 4) is 0 Å². The van der Waals surface area contributed by atoms with Gasteiger partial charge >= 0.3 is 5.69 Å². The molecule has 2 atom stereocenters. The Bertz CT molecular complexity index is 431. The van der Waals surface area contributed by atoms with E-state index in [2.05, 4.69) is 16.8 Å². The van der Waals surface area contributed by atoms with Crippen LogP contribution < -0.4 is 4.90 Å². The third-order valence-corrected chi connectivity index (χ3v) is 4.54. The van der Waals surface area contributed by atoms with Gasteiger partial charge in [0.25, 0.3) is 0 Å². The van der Waals surface area contributed by atoms with Crippen molar-refractivity contribution in [2.75, 3.05) is 25.0 Å². The number of nitrogens with zero attached hydrogens (tertiary/aromatic N) is 3. The molecule has 5 nitrogen and oxygen atoms in total. The van der Waals surface area contributed by atoms with Crippen LogP contribution in [0, 0.1) is 10.1 Å². The number of thiophene rings is 1. The Morgan fingerprint density at radius 2 is 2.31 bits per heavy atom. The minimum Gasteiger partial charge on any atom is -0.352 e. The van der Waals surface area contributed by atoms with Gasteiger partial charge in [0.1, 0.15) is 0 Å². The van der Waals surface area contributed by atoms with Crippen LogP contribution in [0.1, 0.15) is 6.42 Å². The quantitative estimate of drug-likeness (QED) is 0.580. The minimum absolute atomic E-state index is 0.264. The first-order chi connectivity index (χ1) is 7.66. The Morgan fingerprint density at radius 1 is 1.50 bits per heavy atom. The summed E-state index contributed by atoms with van der Waals surface area (Å²) < 4.78 is 0. The van der Waals surface area contributed by atoms with Crippen molar-refractivity contribution < 1.29 is 4.92 Å². The average molecular weight is 239 g/mol. The van der Waals surface area contributed by atoms with E-state index in [4.69, 9.17) is 0 Å². The van der Waals surface area contributed by atoms with Crippen molar-refractivity contribution in [1.82, 2.24) is 4.90 Å². The predicted octanol–water partition coefficient (Wildman–Crippen LogP) is 1.55. The van der Waals surface area contributed by atoms with E-state index in [9.17, 15) is 10.1 Å². The lowest BCUT2D eigenvalue weighted by atomic mass is 10.2. The van der Waals surface area contributed by atoms with Gasteiger partial charge in [0.15, 0.2) is 5.00 Å². The molecule has 16 heavy (non-hydrogen) atoms. The lowest BCUT2D eigenvalue weighted by Crippen LogP contribution is -2.44. The lowest BCUT2D eigenvalue weighted by Gasteiger charge is -2.32. The molecule has 3 heterocycles. The number of anilines is 1. The van der Waals surface area contributed by atoms with E-state index in [0.29, 0.717) is 12.1 Å². The van der Waals surface area contributed by atoms with E-state index in [1.165, 1.54) is 11.3 Å². The number of hydrogen-bond acceptors (Lipinski definition) is 5. The number of piperazine rings is 1. The van der Waals surface area contributed by atoms with Gasteiger partial charge in [-0.05, 0) is 18.8 Å². The number of likely N-dealkylation sites (N-methyl/N-ethyl adjacent to an activating group) is 1. The zero-order chi connectivity index (χ0) is 11.3. The molecule has 0 aromatic carbocycles. The normalized spacial score (nSPS) is 28.9. The van der Waals surface area contributed by atoms with Gasteiger partial charge in [0, 0.05) is 31.2 Å². The third-order valence-electron chi connectivity index (χ3n) is 3.60. The third kappa shape index (κ3) is 1.33. The molecule has 2 aliphatic heterocycles. The summed E-state index contributed by atoms with van der Waals surface area (Å²) in [5, 5.41) is 13.5. The predicted molar refractivity (Wildman–Crippen MR) is 63.1 cm³/mol. The summed E-state index contributed by atoms with van der Waals surface area (Å²) in [6.07, 6.45) is 1.14. The van der Waals surface area contributed by atoms with Crippen LogP contribution in [0.5, 0.6) is 0 Å². The Morgan fingerprint density at radius 3 is 2.88 bits per heavy atom. The van der Waals surface area contributed by atoms with Gasteiger partial charge in [-0.2, -0.15) is 0 Å². The summed E-state index contributed by atoms with van der Waals surface area (Å²) in [6.45, 7) is 1.96. The van der Waals surface area contributed by atoms with Gasteiger partial charge in [0.05, 0.1) is 4.92 Å². The summed E-state index contributed by atoms with van der Waals surface area (Å²) in [4.78, 5) is 15.2. The number of likely N-dealkylation sites (tertiary alicyclic amines) is 1. The van der Waals surface area contributed by atoms with Crippen LogP contribution in [0.2, 0.25) is 0 Å². The Balaban J connectivity index is 1.89. The molecule has 2 fully saturated rings. The lowest BCUT2D eigenvalue weighted by molar-refractivity contribution is -0.383. The minimum atomic E-state index is -0.276. The average Bonchev–Trinajstić information content (AvgIpc) is 2.88. The molecule has 6 heteroatoms. The highest BCUT2D eigenvalue weighted by Crippen LogP contribution is 2.41. The van der Waals surface area contributed by atoms with E-state index in [1.807, 2.05) is 5.38 Å². The number of nitro groups is 1. The van der Waals surface area contributed by atoms with Crippen molar-refractivity contribution in [2.24, 2.45) is 0 Å². The number of rotatable bonds is 2. The molecule has 3 rings (SSSR count). The first-order valence-electron chi connectivity index (χ1n) is 5.35. The summed E-state index contributed by atoms with van der Waals surface area (Å²) in [5.74, 6) is 0. The second kappa shape index (κ2) is 3.43. The standard InChI is InChI=1S/C10H13N3O2S/c1-11-5-8-4-7(11)6-12(8)10-9(13(14)15)2-3-16-10/h2-3,7-8H,4-6H2,1H3/t7-,8-/m0/s1. The molecule has 0 unspecified atom stereocenters. The molecular formula is C10H13N3O2S. The Kier molecular flexibility index (Phi) is 2.15. The SMILES string of the molecule is CN1C[C@@H]2C[C@H]1CN2c1sccc1[N+](=O)[O-]. The van der Waals surface area contributed by atoms with Gasteiger partial charge < -0.3 is 4.90 Å². The Labute approximate surface area is 97.4 Å². The van der Waals surface area contributed by atoms with Gasteiger partial charge in [-0.3, -0.25) is 15.0 Å². The second-order valence-electron chi connectivity index (χ2n) is 4.50. The van der Waals surface area contributed by atoms with Crippen molar-refractivity contribution in [3.05, 3.63) is 21.6 Å². The van der Waals surface area contributed by atoms with Crippen LogP contribution in [0.25, 0.3) is 0 Å². The molecule has 2 aliphatic rings. The molecule has 0 saturated carbocycles. The van der Waals surface area contributed by atoms with E-state index in [1.54, 1.807) is 6.07 Å². The fraction of sp³-hybridized carbons (Fsp3) is 0.600. The van der Waals surface area contributed by atoms with Crippen LogP contribution in [-0.4, -0.2) is 42.0 Å². The van der Waals surface area contributed by atoms with Crippen molar-refractivity contribution >= 4 is 22.0 Å². The van der Waals surface area contributed by atoms with Crippen LogP contribution in [-0.2, 0) is 0 Å². The largest absolute Gasteiger partial charge is 0.352 e. The molecule has 0 spiro atoms. The van der Waals surface area contributed by atoms with Crippen molar-refractivity contribution in [2.45, 2.75) is 18.5 Å². The summed E-state index contributed by atoms with van der Waals surface area (Å²) in [5.41, 5.74) is 0.264. The highest BCUT2D eigenvalue weighted by atomic mass is 32.1. The summed E-state index contributed by atoms with van der Waals surface area (Å²) in [7, 11) is 2.13. The monoisotopic (exact) mass is 239 g/mol. The molecule has 0 amide bonds. The number of hydrogen-bond donors (Lipinski definition) is 0. The maximum atomic E-state index is 10.9. The molecule has 0 N–H and O–H groups in total. The molecule has 1 aromatic rings. The number of fused-ring (bicyclic) bond motifs is 2. The zero-order valence-corrected chi connectivity index (χ0v) is 9.81. The highest BCUT2D eigenvalue weighted by Gasteiger charge is 2.43. The topological polar surface area (TPSA) is 49.6 Å². The van der Waals surface area contributed by atoms with Gasteiger partial charge in [-0.25, -0.2) is 0 Å². The smallest absolute Gasteiger partial charge is 0.303 e. The van der Waals surface area contributed by atoms with Crippen LogP contribution in [0.4, 0.5) is 10.7 Å². The molecule has 86 valence electrons. The van der Waals surface area contributed by atoms with Crippen molar-refractivity contribution in [1.29, 1.82) is 0 Å².